The number of nitrogens with one attached hydrogen (secondary N) is 1. The van der Waals surface area contributed by atoms with Crippen LogP contribution in [0, 0.1) is 0 Å². The lowest BCUT2D eigenvalue weighted by molar-refractivity contribution is -0.117. The first-order chi connectivity index (χ1) is 7.74. The molecule has 2 N–H and O–H groups in total. The molecule has 1 fully saturated rings. The van der Waals surface area contributed by atoms with Gasteiger partial charge in [-0.1, -0.05) is 0 Å². The molecule has 2 heterocycles. The fraction of sp³-hybridized carbons (Fsp3) is 0.500. The van der Waals surface area contributed by atoms with Crippen LogP contribution in [0.3, 0.4) is 0 Å². The Morgan fingerprint density at radius 3 is 2.94 bits per heavy atom. The van der Waals surface area contributed by atoms with Crippen molar-refractivity contribution in [1.29, 1.82) is 0 Å². The molecule has 1 aromatic heterocycles. The van der Waals surface area contributed by atoms with E-state index in [4.69, 9.17) is 0 Å². The lowest BCUT2D eigenvalue weighted by Crippen LogP contribution is -2.32. The maximum absolute atomic E-state index is 11.6. The maximum Gasteiger partial charge on any atom is 0.240 e. The van der Waals surface area contributed by atoms with E-state index in [1.807, 2.05) is 4.90 Å². The molecule has 1 aliphatic heterocycles. The van der Waals surface area contributed by atoms with Crippen molar-refractivity contribution in [2.45, 2.75) is 12.5 Å². The number of β-amino-alcohol motifs (C(OH)–C–C–N with tert-alkyl or cyclic N) is 1. The quantitative estimate of drug-likeness (QED) is 0.719. The molecular weight excluding hydrogens is 208 g/mol. The van der Waals surface area contributed by atoms with Crippen molar-refractivity contribution in [3.63, 3.8) is 0 Å². The zero-order valence-electron chi connectivity index (χ0n) is 8.83. The molecule has 1 unspecified atom stereocenters. The number of anilines is 1. The summed E-state index contributed by atoms with van der Waals surface area (Å²) in [4.78, 5) is 21.3. The first-order valence-corrected chi connectivity index (χ1v) is 5.21. The van der Waals surface area contributed by atoms with E-state index in [2.05, 4.69) is 15.3 Å². The summed E-state index contributed by atoms with van der Waals surface area (Å²) in [7, 11) is 0. The molecule has 0 radical (unpaired) electrons. The van der Waals surface area contributed by atoms with Crippen molar-refractivity contribution in [3.05, 3.63) is 18.5 Å². The minimum atomic E-state index is -0.305. The summed E-state index contributed by atoms with van der Waals surface area (Å²) in [5, 5.41) is 11.9. The van der Waals surface area contributed by atoms with E-state index in [1.165, 1.54) is 0 Å². The van der Waals surface area contributed by atoms with Crippen LogP contribution in [-0.4, -0.2) is 51.6 Å². The molecule has 1 amide bonds. The van der Waals surface area contributed by atoms with E-state index < -0.39 is 0 Å². The molecule has 0 spiro atoms. The Bertz CT molecular complexity index is 357. The monoisotopic (exact) mass is 222 g/mol. The minimum absolute atomic E-state index is 0.152. The Balaban J connectivity index is 1.81. The first kappa shape index (κ1) is 11.0. The van der Waals surface area contributed by atoms with Crippen molar-refractivity contribution in [2.24, 2.45) is 0 Å². The third-order valence-corrected chi connectivity index (χ3v) is 2.43. The van der Waals surface area contributed by atoms with Gasteiger partial charge in [-0.15, -0.1) is 0 Å². The van der Waals surface area contributed by atoms with Gasteiger partial charge in [-0.2, -0.15) is 0 Å². The number of rotatable bonds is 3. The second-order valence-electron chi connectivity index (χ2n) is 3.80. The molecule has 2 rings (SSSR count). The lowest BCUT2D eigenvalue weighted by atomic mass is 10.3. The van der Waals surface area contributed by atoms with Crippen molar-refractivity contribution in [2.75, 3.05) is 25.0 Å². The van der Waals surface area contributed by atoms with Crippen LogP contribution in [0.1, 0.15) is 6.42 Å². The van der Waals surface area contributed by atoms with Crippen LogP contribution in [0.5, 0.6) is 0 Å². The number of aliphatic hydroxyl groups excluding tert-OH is 1. The van der Waals surface area contributed by atoms with Gasteiger partial charge in [0.25, 0.3) is 0 Å². The summed E-state index contributed by atoms with van der Waals surface area (Å²) in [5.41, 5.74) is 0. The van der Waals surface area contributed by atoms with Gasteiger partial charge in [0.1, 0.15) is 0 Å². The molecule has 0 aromatic carbocycles. The van der Waals surface area contributed by atoms with Crippen molar-refractivity contribution >= 4 is 11.9 Å². The number of hydrogen-bond donors (Lipinski definition) is 2. The SMILES string of the molecule is O=C(CN1CCC(O)C1)Nc1ncccn1. The van der Waals surface area contributed by atoms with E-state index in [0.29, 0.717) is 12.5 Å². The summed E-state index contributed by atoms with van der Waals surface area (Å²) >= 11 is 0. The van der Waals surface area contributed by atoms with Crippen LogP contribution >= 0.6 is 0 Å². The lowest BCUT2D eigenvalue weighted by Gasteiger charge is -2.13. The van der Waals surface area contributed by atoms with Gasteiger partial charge in [0.2, 0.25) is 11.9 Å². The zero-order valence-corrected chi connectivity index (χ0v) is 8.83. The zero-order chi connectivity index (χ0) is 11.4. The van der Waals surface area contributed by atoms with Crippen LogP contribution < -0.4 is 5.32 Å². The number of aliphatic hydroxyl groups is 1. The molecule has 1 saturated heterocycles. The normalized spacial score (nSPS) is 20.9. The van der Waals surface area contributed by atoms with E-state index in [-0.39, 0.29) is 18.6 Å². The van der Waals surface area contributed by atoms with Crippen molar-refractivity contribution in [1.82, 2.24) is 14.9 Å². The topological polar surface area (TPSA) is 78.4 Å². The number of amides is 1. The molecule has 0 aliphatic carbocycles. The van der Waals surface area contributed by atoms with Crippen molar-refractivity contribution < 1.29 is 9.90 Å². The van der Waals surface area contributed by atoms with Gasteiger partial charge >= 0.3 is 0 Å². The summed E-state index contributed by atoms with van der Waals surface area (Å²) in [6, 6.07) is 1.69. The van der Waals surface area contributed by atoms with Gasteiger partial charge < -0.3 is 5.11 Å². The Kier molecular flexibility index (Phi) is 3.43. The van der Waals surface area contributed by atoms with Gasteiger partial charge in [0.15, 0.2) is 0 Å². The van der Waals surface area contributed by atoms with E-state index in [9.17, 15) is 9.90 Å². The van der Waals surface area contributed by atoms with Gasteiger partial charge in [-0.25, -0.2) is 9.97 Å². The number of hydrogen-bond acceptors (Lipinski definition) is 5. The maximum atomic E-state index is 11.6. The van der Waals surface area contributed by atoms with Gasteiger partial charge in [-0.3, -0.25) is 15.0 Å². The molecule has 1 aliphatic rings. The highest BCUT2D eigenvalue weighted by molar-refractivity contribution is 5.90. The predicted octanol–water partition coefficient (Wildman–Crippen LogP) is -0.518. The predicted molar refractivity (Wildman–Crippen MR) is 57.7 cm³/mol. The molecular formula is C10H14N4O2. The summed E-state index contributed by atoms with van der Waals surface area (Å²) in [5.74, 6) is 0.160. The Morgan fingerprint density at radius 2 is 2.31 bits per heavy atom. The number of aromatic nitrogens is 2. The Hall–Kier alpha value is -1.53. The van der Waals surface area contributed by atoms with Gasteiger partial charge in [0, 0.05) is 25.5 Å². The standard InChI is InChI=1S/C10H14N4O2/c15-8-2-5-14(6-8)7-9(16)13-10-11-3-1-4-12-10/h1,3-4,8,15H,2,5-7H2,(H,11,12,13,16). The Morgan fingerprint density at radius 1 is 1.56 bits per heavy atom. The van der Waals surface area contributed by atoms with Crippen LogP contribution in [-0.2, 0) is 4.79 Å². The van der Waals surface area contributed by atoms with Crippen molar-refractivity contribution in [3.8, 4) is 0 Å². The highest BCUT2D eigenvalue weighted by atomic mass is 16.3. The fourth-order valence-electron chi connectivity index (χ4n) is 1.69. The smallest absolute Gasteiger partial charge is 0.240 e. The average molecular weight is 222 g/mol. The number of likely N-dealkylation sites (tertiary alicyclic amines) is 1. The van der Waals surface area contributed by atoms with Crippen LogP contribution in [0.25, 0.3) is 0 Å². The largest absolute Gasteiger partial charge is 0.392 e. The second-order valence-corrected chi connectivity index (χ2v) is 3.80. The third-order valence-electron chi connectivity index (χ3n) is 2.43. The first-order valence-electron chi connectivity index (χ1n) is 5.21. The molecule has 86 valence electrons. The molecule has 0 saturated carbocycles. The molecule has 6 heteroatoms. The van der Waals surface area contributed by atoms with E-state index in [1.54, 1.807) is 18.5 Å². The number of carbonyl (C=O) groups is 1. The number of carbonyl (C=O) groups excluding carboxylic acids is 1. The summed E-state index contributed by atoms with van der Waals surface area (Å²) in [6.07, 6.45) is 3.57. The summed E-state index contributed by atoms with van der Waals surface area (Å²) in [6.45, 7) is 1.59. The minimum Gasteiger partial charge on any atom is -0.392 e. The van der Waals surface area contributed by atoms with Crippen LogP contribution in [0.4, 0.5) is 5.95 Å². The van der Waals surface area contributed by atoms with Gasteiger partial charge in [0.05, 0.1) is 12.6 Å². The second kappa shape index (κ2) is 5.00. The van der Waals surface area contributed by atoms with E-state index in [0.717, 1.165) is 13.0 Å². The molecule has 1 atom stereocenters. The molecule has 16 heavy (non-hydrogen) atoms. The van der Waals surface area contributed by atoms with Crippen LogP contribution in [0.2, 0.25) is 0 Å². The number of nitrogens with zero attached hydrogens (tertiary/aromatic N) is 3. The highest BCUT2D eigenvalue weighted by Gasteiger charge is 2.22. The summed E-state index contributed by atoms with van der Waals surface area (Å²) < 4.78 is 0. The average Bonchev–Trinajstić information content (AvgIpc) is 2.65. The highest BCUT2D eigenvalue weighted by Crippen LogP contribution is 2.08. The fourth-order valence-corrected chi connectivity index (χ4v) is 1.69. The molecule has 1 aromatic rings. The van der Waals surface area contributed by atoms with E-state index >= 15 is 0 Å². The molecule has 6 nitrogen and oxygen atoms in total. The third kappa shape index (κ3) is 2.98. The molecule has 0 bridgehead atoms. The van der Waals surface area contributed by atoms with Crippen LogP contribution in [0.15, 0.2) is 18.5 Å². The Labute approximate surface area is 93.3 Å². The van der Waals surface area contributed by atoms with Gasteiger partial charge in [-0.05, 0) is 12.5 Å².